The van der Waals surface area contributed by atoms with E-state index in [0.29, 0.717) is 28.0 Å². The minimum Gasteiger partial charge on any atom is -0.346 e. The average Bonchev–Trinajstić information content (AvgIpc) is 3.10. The Labute approximate surface area is 211 Å². The highest BCUT2D eigenvalue weighted by Crippen LogP contribution is 2.33. The maximum Gasteiger partial charge on any atom is 0.272 e. The Kier molecular flexibility index (Phi) is 8.06. The van der Waals surface area contributed by atoms with Gasteiger partial charge in [0.05, 0.1) is 22.9 Å². The molecular weight excluding hydrogens is 469 g/mol. The Morgan fingerprint density at radius 1 is 1.15 bits per heavy atom. The first-order chi connectivity index (χ1) is 16.0. The van der Waals surface area contributed by atoms with Gasteiger partial charge in [-0.3, -0.25) is 4.79 Å². The first kappa shape index (κ1) is 25.8. The van der Waals surface area contributed by atoms with Crippen LogP contribution in [0.2, 0.25) is 10.0 Å². The van der Waals surface area contributed by atoms with Gasteiger partial charge in [0, 0.05) is 33.8 Å². The van der Waals surface area contributed by atoms with Gasteiger partial charge in [0.15, 0.2) is 5.69 Å². The van der Waals surface area contributed by atoms with Crippen LogP contribution in [0.25, 0.3) is 16.9 Å². The van der Waals surface area contributed by atoms with Crippen LogP contribution in [0.3, 0.4) is 0 Å². The molecule has 0 saturated carbocycles. The van der Waals surface area contributed by atoms with E-state index < -0.39 is 5.54 Å². The number of hydrogen-bond donors (Lipinski definition) is 2. The molecule has 0 unspecified atom stereocenters. The molecule has 1 aromatic heterocycles. The first-order valence-electron chi connectivity index (χ1n) is 10.8. The van der Waals surface area contributed by atoms with Gasteiger partial charge in [0.1, 0.15) is 0 Å². The molecule has 0 bridgehead atoms. The van der Waals surface area contributed by atoms with Crippen molar-refractivity contribution in [2.75, 3.05) is 20.6 Å². The van der Waals surface area contributed by atoms with E-state index >= 15 is 0 Å². The number of hydrogen-bond acceptors (Lipinski definition) is 4. The topological polar surface area (TPSA) is 76.2 Å². The van der Waals surface area contributed by atoms with Gasteiger partial charge in [-0.05, 0) is 65.2 Å². The van der Waals surface area contributed by atoms with Crippen molar-refractivity contribution >= 4 is 29.1 Å². The fourth-order valence-corrected chi connectivity index (χ4v) is 3.87. The van der Waals surface area contributed by atoms with Crippen molar-refractivity contribution in [3.05, 3.63) is 69.3 Å². The summed E-state index contributed by atoms with van der Waals surface area (Å²) < 4.78 is 1.72. The van der Waals surface area contributed by atoms with Crippen molar-refractivity contribution in [2.24, 2.45) is 5.73 Å². The normalized spacial score (nSPS) is 11.3. The van der Waals surface area contributed by atoms with E-state index in [1.54, 1.807) is 10.7 Å². The second kappa shape index (κ2) is 10.6. The second-order valence-corrected chi connectivity index (χ2v) is 10.1. The number of benzene rings is 2. The van der Waals surface area contributed by atoms with E-state index in [4.69, 9.17) is 34.0 Å². The monoisotopic (exact) mass is 497 g/mol. The molecule has 178 valence electrons. The van der Waals surface area contributed by atoms with Gasteiger partial charge in [0.2, 0.25) is 0 Å². The van der Waals surface area contributed by atoms with Gasteiger partial charge >= 0.3 is 0 Å². The minimum absolute atomic E-state index is 0.250. The van der Waals surface area contributed by atoms with Crippen LogP contribution in [-0.4, -0.2) is 46.8 Å². The predicted molar refractivity (Wildman–Crippen MR) is 140 cm³/mol. The van der Waals surface area contributed by atoms with E-state index in [0.717, 1.165) is 22.4 Å². The van der Waals surface area contributed by atoms with Gasteiger partial charge in [-0.25, -0.2) is 4.68 Å². The van der Waals surface area contributed by atoms with E-state index in [-0.39, 0.29) is 12.5 Å². The number of halogens is 2. The Balaban J connectivity index is 2.29. The fraction of sp³-hybridized carbons (Fsp3) is 0.308. The molecule has 2 aromatic carbocycles. The molecule has 0 spiro atoms. The third-order valence-electron chi connectivity index (χ3n) is 4.79. The molecule has 8 heteroatoms. The minimum atomic E-state index is -0.419. The largest absolute Gasteiger partial charge is 0.346 e. The molecular formula is C26H29Cl2N5O. The molecule has 0 fully saturated rings. The maximum absolute atomic E-state index is 13.3. The highest BCUT2D eigenvalue weighted by Gasteiger charge is 2.28. The third-order valence-corrected chi connectivity index (χ3v) is 5.34. The summed E-state index contributed by atoms with van der Waals surface area (Å²) in [5.74, 6) is 5.57. The molecule has 1 heterocycles. The van der Waals surface area contributed by atoms with Crippen molar-refractivity contribution in [2.45, 2.75) is 32.9 Å². The third kappa shape index (κ3) is 6.19. The number of aromatic nitrogens is 2. The number of nitrogens with one attached hydrogen (secondary N) is 1. The van der Waals surface area contributed by atoms with Gasteiger partial charge < -0.3 is 16.0 Å². The lowest BCUT2D eigenvalue weighted by Gasteiger charge is -2.20. The first-order valence-corrected chi connectivity index (χ1v) is 11.6. The lowest BCUT2D eigenvalue weighted by Crippen LogP contribution is -2.41. The average molecular weight is 498 g/mol. The summed E-state index contributed by atoms with van der Waals surface area (Å²) in [6.45, 7) is 6.57. The van der Waals surface area contributed by atoms with E-state index in [1.807, 2.05) is 76.2 Å². The van der Waals surface area contributed by atoms with Crippen molar-refractivity contribution < 1.29 is 4.79 Å². The molecule has 3 aromatic rings. The van der Waals surface area contributed by atoms with Crippen molar-refractivity contribution in [1.82, 2.24) is 20.0 Å². The lowest BCUT2D eigenvalue weighted by molar-refractivity contribution is 0.0912. The maximum atomic E-state index is 13.3. The summed E-state index contributed by atoms with van der Waals surface area (Å²) in [7, 11) is 3.90. The lowest BCUT2D eigenvalue weighted by atomic mass is 10.0. The zero-order valence-electron chi connectivity index (χ0n) is 20.0. The molecule has 0 atom stereocenters. The molecule has 3 rings (SSSR count). The van der Waals surface area contributed by atoms with Gasteiger partial charge in [-0.1, -0.05) is 47.2 Å². The van der Waals surface area contributed by atoms with Gasteiger partial charge in [-0.15, -0.1) is 0 Å². The summed E-state index contributed by atoms with van der Waals surface area (Å²) in [6, 6.07) is 12.9. The molecule has 6 nitrogen and oxygen atoms in total. The van der Waals surface area contributed by atoms with Crippen LogP contribution in [-0.2, 0) is 6.54 Å². The van der Waals surface area contributed by atoms with Crippen LogP contribution >= 0.6 is 23.2 Å². The van der Waals surface area contributed by atoms with E-state index in [2.05, 4.69) is 17.2 Å². The van der Waals surface area contributed by atoms with Gasteiger partial charge in [-0.2, -0.15) is 5.10 Å². The summed E-state index contributed by atoms with van der Waals surface area (Å²) >= 11 is 12.8. The zero-order valence-corrected chi connectivity index (χ0v) is 21.6. The number of rotatable bonds is 5. The quantitative estimate of drug-likeness (QED) is 0.498. The van der Waals surface area contributed by atoms with Crippen LogP contribution in [0.5, 0.6) is 0 Å². The van der Waals surface area contributed by atoms with Crippen molar-refractivity contribution in [1.29, 1.82) is 0 Å². The van der Waals surface area contributed by atoms with Crippen LogP contribution in [0.15, 0.2) is 42.5 Å². The molecule has 34 heavy (non-hydrogen) atoms. The number of nitrogens with two attached hydrogens (primary N) is 1. The highest BCUT2D eigenvalue weighted by atomic mass is 35.5. The standard InChI is InChI=1S/C26H29Cl2N5O/c1-26(2,3)30-25(34)23-20(16-32(4)5)24(18-9-11-19(27)12-10-18)33(31-23)22-13-8-17(7-6-14-29)15-21(22)28/h8-13,15H,14,16,29H2,1-5H3,(H,30,34). The number of nitrogens with zero attached hydrogens (tertiary/aromatic N) is 3. The summed E-state index contributed by atoms with van der Waals surface area (Å²) in [4.78, 5) is 15.3. The molecule has 0 aliphatic carbocycles. The predicted octanol–water partition coefficient (Wildman–Crippen LogP) is 4.75. The molecule has 0 aliphatic rings. The van der Waals surface area contributed by atoms with Crippen molar-refractivity contribution in [3.8, 4) is 28.8 Å². The number of amides is 1. The summed E-state index contributed by atoms with van der Waals surface area (Å²) in [5, 5.41) is 8.88. The zero-order chi connectivity index (χ0) is 25.0. The second-order valence-electron chi connectivity index (χ2n) is 9.21. The van der Waals surface area contributed by atoms with Crippen LogP contribution in [0, 0.1) is 11.8 Å². The number of carbonyl (C=O) groups is 1. The summed E-state index contributed by atoms with van der Waals surface area (Å²) in [6.07, 6.45) is 0. The molecule has 1 amide bonds. The Bertz CT molecular complexity index is 1250. The molecule has 3 N–H and O–H groups in total. The Morgan fingerprint density at radius 3 is 2.38 bits per heavy atom. The Hall–Kier alpha value is -2.82. The van der Waals surface area contributed by atoms with Crippen LogP contribution in [0.4, 0.5) is 0 Å². The molecule has 0 aliphatic heterocycles. The smallest absolute Gasteiger partial charge is 0.272 e. The van der Waals surface area contributed by atoms with Crippen LogP contribution in [0.1, 0.15) is 42.4 Å². The van der Waals surface area contributed by atoms with E-state index in [1.165, 1.54) is 0 Å². The fourth-order valence-electron chi connectivity index (χ4n) is 3.49. The SMILES string of the molecule is CN(C)Cc1c(C(=O)NC(C)(C)C)nn(-c2ccc(C#CCN)cc2Cl)c1-c1ccc(Cl)cc1. The molecule has 0 saturated heterocycles. The van der Waals surface area contributed by atoms with Gasteiger partial charge in [0.25, 0.3) is 5.91 Å². The van der Waals surface area contributed by atoms with Crippen LogP contribution < -0.4 is 11.1 Å². The molecule has 0 radical (unpaired) electrons. The van der Waals surface area contributed by atoms with Crippen molar-refractivity contribution in [3.63, 3.8) is 0 Å². The summed E-state index contributed by atoms with van der Waals surface area (Å²) in [5.41, 5.74) is 9.23. The highest BCUT2D eigenvalue weighted by molar-refractivity contribution is 6.32. The Morgan fingerprint density at radius 2 is 1.82 bits per heavy atom. The number of carbonyl (C=O) groups excluding carboxylic acids is 1. The van der Waals surface area contributed by atoms with E-state index in [9.17, 15) is 4.79 Å².